The molecule has 0 saturated carbocycles. The number of hydrogen-bond acceptors (Lipinski definition) is 5. The molecule has 0 spiro atoms. The van der Waals surface area contributed by atoms with E-state index in [1.54, 1.807) is 0 Å². The summed E-state index contributed by atoms with van der Waals surface area (Å²) in [6, 6.07) is 65.0. The zero-order valence-corrected chi connectivity index (χ0v) is 33.1. The first-order chi connectivity index (χ1) is 29.6. The molecule has 0 aliphatic carbocycles. The number of para-hydroxylation sites is 1. The third kappa shape index (κ3) is 5.98. The second-order valence-electron chi connectivity index (χ2n) is 15.3. The number of aromatic nitrogens is 5. The van der Waals surface area contributed by atoms with E-state index in [0.29, 0.717) is 17.5 Å². The normalized spacial score (nSPS) is 11.5. The molecule has 11 rings (SSSR count). The SMILES string of the molecule is Cc1c2c(-c3ccccc3)nc3cc(-c4cccc(-c5nc(-c6ccccc6)nc(-c6ccccc6)n5)c4)ccc3c2c(C)c2c(-c3ccccc3)nc3ccccc3c12. The number of pyridine rings is 2. The summed E-state index contributed by atoms with van der Waals surface area (Å²) in [5.74, 6) is 1.89. The Labute approximate surface area is 347 Å². The van der Waals surface area contributed by atoms with Crippen molar-refractivity contribution in [2.75, 3.05) is 0 Å². The highest BCUT2D eigenvalue weighted by Crippen LogP contribution is 2.46. The van der Waals surface area contributed by atoms with Crippen molar-refractivity contribution < 1.29 is 0 Å². The van der Waals surface area contributed by atoms with Crippen LogP contribution in [0, 0.1) is 13.8 Å². The number of rotatable bonds is 6. The molecule has 8 aromatic carbocycles. The highest BCUT2D eigenvalue weighted by molar-refractivity contribution is 6.25. The van der Waals surface area contributed by atoms with Crippen LogP contribution in [0.2, 0.25) is 0 Å². The minimum atomic E-state index is 0.620. The minimum Gasteiger partial charge on any atom is -0.247 e. The summed E-state index contributed by atoms with van der Waals surface area (Å²) in [4.78, 5) is 25.8. The zero-order valence-electron chi connectivity index (χ0n) is 33.1. The van der Waals surface area contributed by atoms with Crippen LogP contribution < -0.4 is 0 Å². The van der Waals surface area contributed by atoms with Crippen LogP contribution in [0.5, 0.6) is 0 Å². The van der Waals surface area contributed by atoms with Crippen molar-refractivity contribution in [3.8, 4) is 67.8 Å². The van der Waals surface area contributed by atoms with Crippen LogP contribution in [0.3, 0.4) is 0 Å². The molecule has 0 amide bonds. The minimum absolute atomic E-state index is 0.620. The molecular formula is C55H37N5. The molecular weight excluding hydrogens is 731 g/mol. The third-order valence-corrected chi connectivity index (χ3v) is 11.6. The van der Waals surface area contributed by atoms with Crippen molar-refractivity contribution >= 4 is 43.4 Å². The fourth-order valence-corrected chi connectivity index (χ4v) is 8.80. The Morgan fingerprint density at radius 3 is 1.22 bits per heavy atom. The topological polar surface area (TPSA) is 64.5 Å². The van der Waals surface area contributed by atoms with Crippen LogP contribution in [0.15, 0.2) is 188 Å². The Morgan fingerprint density at radius 1 is 0.267 bits per heavy atom. The van der Waals surface area contributed by atoms with Gasteiger partial charge < -0.3 is 0 Å². The Bertz CT molecular complexity index is 3370. The maximum absolute atomic E-state index is 5.55. The molecule has 282 valence electrons. The molecule has 5 heteroatoms. The highest BCUT2D eigenvalue weighted by atomic mass is 15.0. The summed E-state index contributed by atoms with van der Waals surface area (Å²) in [6.45, 7) is 4.53. The molecule has 0 radical (unpaired) electrons. The molecule has 0 unspecified atom stereocenters. The fourth-order valence-electron chi connectivity index (χ4n) is 8.80. The average Bonchev–Trinajstić information content (AvgIpc) is 3.33. The van der Waals surface area contributed by atoms with E-state index in [1.807, 2.05) is 60.7 Å². The highest BCUT2D eigenvalue weighted by Gasteiger charge is 2.23. The molecule has 5 nitrogen and oxygen atoms in total. The van der Waals surface area contributed by atoms with Gasteiger partial charge in [0.2, 0.25) is 0 Å². The predicted molar refractivity (Wildman–Crippen MR) is 248 cm³/mol. The molecule has 0 atom stereocenters. The van der Waals surface area contributed by atoms with Gasteiger partial charge in [0.05, 0.1) is 22.4 Å². The standard InChI is InChI=1S/C55H37N5/c1-34-47-43-28-15-16-29-45(43)56-51(36-18-7-3-8-19-36)49(47)35(2)48-44-31-30-41(33-46(44)57-52(50(34)48)37-20-9-4-10-21-37)40-26-17-27-42(32-40)55-59-53(38-22-11-5-12-23-38)58-54(60-55)39-24-13-6-14-25-39/h3-33H,1-2H3. The molecule has 3 heterocycles. The lowest BCUT2D eigenvalue weighted by molar-refractivity contribution is 1.07. The molecule has 11 aromatic rings. The van der Waals surface area contributed by atoms with E-state index in [0.717, 1.165) is 72.1 Å². The van der Waals surface area contributed by atoms with Gasteiger partial charge in [0.1, 0.15) is 0 Å². The number of benzene rings is 8. The molecule has 0 aliphatic heterocycles. The molecule has 0 aliphatic rings. The van der Waals surface area contributed by atoms with Crippen molar-refractivity contribution in [1.29, 1.82) is 0 Å². The van der Waals surface area contributed by atoms with Gasteiger partial charge in [-0.3, -0.25) is 0 Å². The largest absolute Gasteiger partial charge is 0.247 e. The summed E-state index contributed by atoms with van der Waals surface area (Å²) < 4.78 is 0. The van der Waals surface area contributed by atoms with Crippen LogP contribution in [0.1, 0.15) is 11.1 Å². The van der Waals surface area contributed by atoms with E-state index in [1.165, 1.54) is 32.7 Å². The Kier molecular flexibility index (Phi) is 8.52. The summed E-state index contributed by atoms with van der Waals surface area (Å²) in [6.07, 6.45) is 0. The van der Waals surface area contributed by atoms with Crippen molar-refractivity contribution in [3.05, 3.63) is 199 Å². The van der Waals surface area contributed by atoms with Gasteiger partial charge in [0.15, 0.2) is 17.5 Å². The number of fused-ring (bicyclic) bond motifs is 6. The van der Waals surface area contributed by atoms with E-state index in [-0.39, 0.29) is 0 Å². The Hall–Kier alpha value is -7.89. The Morgan fingerprint density at radius 2 is 0.667 bits per heavy atom. The van der Waals surface area contributed by atoms with Crippen molar-refractivity contribution in [2.45, 2.75) is 13.8 Å². The molecule has 0 fully saturated rings. The van der Waals surface area contributed by atoms with Gasteiger partial charge in [-0.2, -0.15) is 0 Å². The van der Waals surface area contributed by atoms with Gasteiger partial charge in [-0.1, -0.05) is 170 Å². The lowest BCUT2D eigenvalue weighted by Crippen LogP contribution is -2.00. The van der Waals surface area contributed by atoms with E-state index >= 15 is 0 Å². The summed E-state index contributed by atoms with van der Waals surface area (Å²) in [7, 11) is 0. The number of hydrogen-bond donors (Lipinski definition) is 0. The van der Waals surface area contributed by atoms with Crippen molar-refractivity contribution in [1.82, 2.24) is 24.9 Å². The molecule has 0 saturated heterocycles. The lowest BCUT2D eigenvalue weighted by atomic mass is 9.85. The zero-order chi connectivity index (χ0) is 40.2. The van der Waals surface area contributed by atoms with E-state index < -0.39 is 0 Å². The maximum Gasteiger partial charge on any atom is 0.164 e. The molecule has 3 aromatic heterocycles. The predicted octanol–water partition coefficient (Wildman–Crippen LogP) is 13.9. The van der Waals surface area contributed by atoms with Crippen LogP contribution in [0.25, 0.3) is 111 Å². The quantitative estimate of drug-likeness (QED) is 0.125. The second-order valence-corrected chi connectivity index (χ2v) is 15.3. The Balaban J connectivity index is 1.14. The van der Waals surface area contributed by atoms with Crippen molar-refractivity contribution in [3.63, 3.8) is 0 Å². The van der Waals surface area contributed by atoms with Gasteiger partial charge in [0, 0.05) is 49.4 Å². The molecule has 0 N–H and O–H groups in total. The van der Waals surface area contributed by atoms with Crippen LogP contribution >= 0.6 is 0 Å². The second kappa shape index (κ2) is 14.5. The first-order valence-corrected chi connectivity index (χ1v) is 20.3. The first-order valence-electron chi connectivity index (χ1n) is 20.3. The lowest BCUT2D eigenvalue weighted by Gasteiger charge is -2.21. The smallest absolute Gasteiger partial charge is 0.164 e. The van der Waals surface area contributed by atoms with Gasteiger partial charge in [0.25, 0.3) is 0 Å². The first kappa shape index (κ1) is 35.3. The average molecular weight is 768 g/mol. The van der Waals surface area contributed by atoms with Crippen LogP contribution in [0.4, 0.5) is 0 Å². The maximum atomic E-state index is 5.55. The fraction of sp³-hybridized carbons (Fsp3) is 0.0364. The van der Waals surface area contributed by atoms with Crippen LogP contribution in [-0.2, 0) is 0 Å². The van der Waals surface area contributed by atoms with E-state index in [9.17, 15) is 0 Å². The summed E-state index contributed by atoms with van der Waals surface area (Å²) in [5.41, 5.74) is 13.4. The third-order valence-electron chi connectivity index (χ3n) is 11.6. The number of nitrogens with zero attached hydrogens (tertiary/aromatic N) is 5. The molecule has 0 bridgehead atoms. The summed E-state index contributed by atoms with van der Waals surface area (Å²) >= 11 is 0. The van der Waals surface area contributed by atoms with Crippen molar-refractivity contribution in [2.24, 2.45) is 0 Å². The monoisotopic (exact) mass is 767 g/mol. The van der Waals surface area contributed by atoms with Gasteiger partial charge in [-0.15, -0.1) is 0 Å². The van der Waals surface area contributed by atoms with Gasteiger partial charge in [-0.25, -0.2) is 24.9 Å². The summed E-state index contributed by atoms with van der Waals surface area (Å²) in [5, 5.41) is 7.02. The van der Waals surface area contributed by atoms with Crippen LogP contribution in [-0.4, -0.2) is 24.9 Å². The van der Waals surface area contributed by atoms with Gasteiger partial charge >= 0.3 is 0 Å². The molecule has 60 heavy (non-hydrogen) atoms. The van der Waals surface area contributed by atoms with E-state index in [4.69, 9.17) is 24.9 Å². The van der Waals surface area contributed by atoms with E-state index in [2.05, 4.69) is 141 Å². The number of aryl methyl sites for hydroxylation is 2. The van der Waals surface area contributed by atoms with Gasteiger partial charge in [-0.05, 0) is 65.1 Å².